The van der Waals surface area contributed by atoms with Gasteiger partial charge in [0.2, 0.25) is 17.7 Å². The van der Waals surface area contributed by atoms with Gasteiger partial charge in [-0.2, -0.15) is 0 Å². The van der Waals surface area contributed by atoms with Crippen LogP contribution in [0.2, 0.25) is 0 Å². The van der Waals surface area contributed by atoms with E-state index in [4.69, 9.17) is 0 Å². The zero-order chi connectivity index (χ0) is 18.1. The van der Waals surface area contributed by atoms with Crippen LogP contribution in [0.15, 0.2) is 42.5 Å². The van der Waals surface area contributed by atoms with Gasteiger partial charge < -0.3 is 5.32 Å². The maximum Gasteiger partial charge on any atom is 0.244 e. The Morgan fingerprint density at radius 3 is 2.54 bits per heavy atom. The maximum atomic E-state index is 12.8. The van der Waals surface area contributed by atoms with Crippen LogP contribution in [0.25, 0.3) is 10.8 Å². The molecule has 2 aliphatic rings. The first-order valence-electron chi connectivity index (χ1n) is 9.21. The van der Waals surface area contributed by atoms with Crippen molar-refractivity contribution in [3.05, 3.63) is 42.5 Å². The number of carbonyl (C=O) groups is 3. The third-order valence-electron chi connectivity index (χ3n) is 5.67. The summed E-state index contributed by atoms with van der Waals surface area (Å²) in [5.41, 5.74) is 0.147. The highest BCUT2D eigenvalue weighted by atomic mass is 16.2. The van der Waals surface area contributed by atoms with Crippen LogP contribution in [0.5, 0.6) is 0 Å². The van der Waals surface area contributed by atoms with Gasteiger partial charge in [0, 0.05) is 17.5 Å². The molecule has 5 nitrogen and oxygen atoms in total. The van der Waals surface area contributed by atoms with Gasteiger partial charge in [-0.15, -0.1) is 0 Å². The number of hydrogen-bond donors (Lipinski definition) is 1. The summed E-state index contributed by atoms with van der Waals surface area (Å²) < 4.78 is 0. The summed E-state index contributed by atoms with van der Waals surface area (Å²) in [4.78, 5) is 38.9. The highest BCUT2D eigenvalue weighted by molar-refractivity contribution is 6.10. The second-order valence-electron chi connectivity index (χ2n) is 7.38. The second kappa shape index (κ2) is 6.56. The molecule has 0 radical (unpaired) electrons. The Morgan fingerprint density at radius 1 is 1.00 bits per heavy atom. The number of amides is 3. The molecule has 5 heteroatoms. The zero-order valence-corrected chi connectivity index (χ0v) is 14.7. The first-order chi connectivity index (χ1) is 12.6. The standard InChI is InChI=1S/C21H22N2O3/c24-18(22-17-10-6-8-15-7-2-3-9-16(15)17)14-23-19(25)13-21(20(23)26)11-4-1-5-12-21/h2-3,6-10H,1,4-5,11-14H2,(H,22,24). The normalized spacial score (nSPS) is 19.3. The van der Waals surface area contributed by atoms with E-state index >= 15 is 0 Å². The minimum Gasteiger partial charge on any atom is -0.324 e. The predicted octanol–water partition coefficient (Wildman–Crippen LogP) is 3.49. The van der Waals surface area contributed by atoms with Crippen molar-refractivity contribution < 1.29 is 14.4 Å². The lowest BCUT2D eigenvalue weighted by Crippen LogP contribution is -2.41. The van der Waals surface area contributed by atoms with Crippen molar-refractivity contribution in [2.75, 3.05) is 11.9 Å². The maximum absolute atomic E-state index is 12.8. The highest BCUT2D eigenvalue weighted by Gasteiger charge is 2.51. The first-order valence-corrected chi connectivity index (χ1v) is 9.21. The third kappa shape index (κ3) is 2.87. The lowest BCUT2D eigenvalue weighted by Gasteiger charge is -2.30. The summed E-state index contributed by atoms with van der Waals surface area (Å²) in [5.74, 6) is -0.712. The van der Waals surface area contributed by atoms with E-state index in [1.54, 1.807) is 0 Å². The molecular formula is C21H22N2O3. The van der Waals surface area contributed by atoms with Crippen molar-refractivity contribution in [2.24, 2.45) is 5.41 Å². The molecule has 1 aliphatic carbocycles. The average molecular weight is 350 g/mol. The van der Waals surface area contributed by atoms with E-state index in [0.29, 0.717) is 5.69 Å². The molecule has 0 atom stereocenters. The molecule has 2 fully saturated rings. The Morgan fingerprint density at radius 2 is 1.73 bits per heavy atom. The van der Waals surface area contributed by atoms with Crippen LogP contribution < -0.4 is 5.32 Å². The molecule has 1 saturated carbocycles. The quantitative estimate of drug-likeness (QED) is 0.862. The number of nitrogens with zero attached hydrogens (tertiary/aromatic N) is 1. The van der Waals surface area contributed by atoms with Crippen molar-refractivity contribution in [3.63, 3.8) is 0 Å². The van der Waals surface area contributed by atoms with Gasteiger partial charge in [0.05, 0.1) is 5.41 Å². The fourth-order valence-electron chi connectivity index (χ4n) is 4.31. The molecule has 3 amide bonds. The van der Waals surface area contributed by atoms with Crippen LogP contribution in [-0.2, 0) is 14.4 Å². The SMILES string of the molecule is O=C(CN1C(=O)CC2(CCCCC2)C1=O)Nc1cccc2ccccc12. The topological polar surface area (TPSA) is 66.5 Å². The number of benzene rings is 2. The highest BCUT2D eigenvalue weighted by Crippen LogP contribution is 2.45. The van der Waals surface area contributed by atoms with Gasteiger partial charge in [0.1, 0.15) is 6.54 Å². The van der Waals surface area contributed by atoms with Crippen LogP contribution in [-0.4, -0.2) is 29.2 Å². The first kappa shape index (κ1) is 16.8. The Balaban J connectivity index is 1.49. The average Bonchev–Trinajstić information content (AvgIpc) is 2.87. The summed E-state index contributed by atoms with van der Waals surface area (Å²) in [5, 5.41) is 4.82. The number of likely N-dealkylation sites (tertiary alicyclic amines) is 1. The number of imide groups is 1. The number of anilines is 1. The molecule has 26 heavy (non-hydrogen) atoms. The van der Waals surface area contributed by atoms with E-state index in [2.05, 4.69) is 5.32 Å². The van der Waals surface area contributed by atoms with E-state index in [1.807, 2.05) is 42.5 Å². The van der Waals surface area contributed by atoms with Crippen molar-refractivity contribution >= 4 is 34.2 Å². The molecule has 134 valence electrons. The van der Waals surface area contributed by atoms with E-state index < -0.39 is 5.41 Å². The van der Waals surface area contributed by atoms with E-state index in [1.165, 1.54) is 0 Å². The van der Waals surface area contributed by atoms with Crippen LogP contribution in [0.4, 0.5) is 5.69 Å². The second-order valence-corrected chi connectivity index (χ2v) is 7.38. The molecular weight excluding hydrogens is 328 g/mol. The van der Waals surface area contributed by atoms with Gasteiger partial charge in [-0.3, -0.25) is 19.3 Å². The Hall–Kier alpha value is -2.69. The van der Waals surface area contributed by atoms with Gasteiger partial charge in [0.15, 0.2) is 0 Å². The summed E-state index contributed by atoms with van der Waals surface area (Å²) in [6, 6.07) is 13.5. The fourth-order valence-corrected chi connectivity index (χ4v) is 4.31. The largest absolute Gasteiger partial charge is 0.324 e. The Kier molecular flexibility index (Phi) is 4.23. The molecule has 1 spiro atoms. The van der Waals surface area contributed by atoms with Gasteiger partial charge in [-0.25, -0.2) is 0 Å². The molecule has 1 aliphatic heterocycles. The number of rotatable bonds is 3. The van der Waals surface area contributed by atoms with Crippen LogP contribution in [0.1, 0.15) is 38.5 Å². The van der Waals surface area contributed by atoms with Crippen molar-refractivity contribution in [2.45, 2.75) is 38.5 Å². The number of hydrogen-bond acceptors (Lipinski definition) is 3. The summed E-state index contributed by atoms with van der Waals surface area (Å²) in [7, 11) is 0. The van der Waals surface area contributed by atoms with Crippen molar-refractivity contribution in [3.8, 4) is 0 Å². The van der Waals surface area contributed by atoms with Crippen LogP contribution in [0.3, 0.4) is 0 Å². The molecule has 0 unspecified atom stereocenters. The van der Waals surface area contributed by atoms with Crippen LogP contribution >= 0.6 is 0 Å². The summed E-state index contributed by atoms with van der Waals surface area (Å²) >= 11 is 0. The molecule has 2 aromatic rings. The smallest absolute Gasteiger partial charge is 0.244 e. The van der Waals surface area contributed by atoms with Gasteiger partial charge in [-0.1, -0.05) is 55.7 Å². The number of fused-ring (bicyclic) bond motifs is 1. The third-order valence-corrected chi connectivity index (χ3v) is 5.67. The lowest BCUT2D eigenvalue weighted by atomic mass is 9.73. The molecule has 0 bridgehead atoms. The van der Waals surface area contributed by atoms with Gasteiger partial charge in [0.25, 0.3) is 0 Å². The van der Waals surface area contributed by atoms with Gasteiger partial charge in [-0.05, 0) is 24.3 Å². The van der Waals surface area contributed by atoms with Crippen molar-refractivity contribution in [1.82, 2.24) is 4.90 Å². The monoisotopic (exact) mass is 350 g/mol. The Labute approximate surface area is 152 Å². The minimum absolute atomic E-state index is 0.157. The molecule has 4 rings (SSSR count). The molecule has 0 aromatic heterocycles. The lowest BCUT2D eigenvalue weighted by molar-refractivity contribution is -0.144. The number of nitrogens with one attached hydrogen (secondary N) is 1. The van der Waals surface area contributed by atoms with Crippen molar-refractivity contribution in [1.29, 1.82) is 0 Å². The summed E-state index contributed by atoms with van der Waals surface area (Å²) in [6.45, 7) is -0.206. The Bertz CT molecular complexity index is 878. The molecule has 1 saturated heterocycles. The summed E-state index contributed by atoms with van der Waals surface area (Å²) in [6.07, 6.45) is 4.86. The van der Waals surface area contributed by atoms with Gasteiger partial charge >= 0.3 is 0 Å². The molecule has 2 aromatic carbocycles. The van der Waals surface area contributed by atoms with Crippen LogP contribution in [0, 0.1) is 5.41 Å². The number of carbonyl (C=O) groups excluding carboxylic acids is 3. The van der Waals surface area contributed by atoms with E-state index in [9.17, 15) is 14.4 Å². The predicted molar refractivity (Wildman–Crippen MR) is 99.4 cm³/mol. The molecule has 1 N–H and O–H groups in total. The molecule has 1 heterocycles. The van der Waals surface area contributed by atoms with E-state index in [-0.39, 0.29) is 30.7 Å². The fraction of sp³-hybridized carbons (Fsp3) is 0.381. The minimum atomic E-state index is -0.547. The zero-order valence-electron chi connectivity index (χ0n) is 14.7. The van der Waals surface area contributed by atoms with E-state index in [0.717, 1.165) is 47.8 Å².